The van der Waals surface area contributed by atoms with Crippen molar-refractivity contribution < 1.29 is 4.57 Å². The van der Waals surface area contributed by atoms with E-state index in [0.717, 1.165) is 12.2 Å². The highest BCUT2D eigenvalue weighted by molar-refractivity contribution is 5.40. The maximum Gasteiger partial charge on any atom is 0.180 e. The van der Waals surface area contributed by atoms with Gasteiger partial charge in [0.15, 0.2) is 18.4 Å². The Hall–Kier alpha value is -1.09. The molecule has 0 aliphatic rings. The van der Waals surface area contributed by atoms with Crippen molar-refractivity contribution in [2.24, 2.45) is 5.73 Å². The number of aromatic nitrogens is 1. The van der Waals surface area contributed by atoms with Crippen molar-refractivity contribution in [1.29, 1.82) is 0 Å². The van der Waals surface area contributed by atoms with Crippen LogP contribution in [0.4, 0.5) is 5.69 Å². The molecule has 0 spiro atoms. The minimum Gasteiger partial charge on any atom is -0.388 e. The zero-order valence-corrected chi connectivity index (χ0v) is 7.67. The molecule has 1 rings (SSSR count). The molecule has 0 aliphatic carbocycles. The fraction of sp³-hybridized carbons (Fsp3) is 0.444. The summed E-state index contributed by atoms with van der Waals surface area (Å²) < 4.78 is 2.14. The molecule has 0 atom stereocenters. The van der Waals surface area contributed by atoms with Gasteiger partial charge >= 0.3 is 0 Å². The lowest BCUT2D eigenvalue weighted by molar-refractivity contribution is -0.700. The second kappa shape index (κ2) is 4.07. The largest absolute Gasteiger partial charge is 0.388 e. The average molecular weight is 166 g/mol. The number of aryl methyl sites for hydroxylation is 1. The fourth-order valence-electron chi connectivity index (χ4n) is 1.19. The van der Waals surface area contributed by atoms with Gasteiger partial charge in [-0.2, -0.15) is 0 Å². The molecule has 12 heavy (non-hydrogen) atoms. The number of nitrogens with zero attached hydrogens (tertiary/aromatic N) is 1. The van der Waals surface area contributed by atoms with E-state index >= 15 is 0 Å². The molecule has 0 saturated heterocycles. The van der Waals surface area contributed by atoms with Gasteiger partial charge in [-0.05, 0) is 0 Å². The Labute approximate surface area is 73.2 Å². The van der Waals surface area contributed by atoms with Gasteiger partial charge < -0.3 is 11.1 Å². The van der Waals surface area contributed by atoms with Crippen LogP contribution >= 0.6 is 0 Å². The molecule has 0 radical (unpaired) electrons. The van der Waals surface area contributed by atoms with Crippen molar-refractivity contribution in [3.8, 4) is 0 Å². The number of anilines is 1. The van der Waals surface area contributed by atoms with Crippen LogP contribution in [0.5, 0.6) is 0 Å². The number of pyridine rings is 1. The molecule has 0 aliphatic heterocycles. The summed E-state index contributed by atoms with van der Waals surface area (Å²) >= 11 is 0. The van der Waals surface area contributed by atoms with Crippen LogP contribution in [0.3, 0.4) is 0 Å². The van der Waals surface area contributed by atoms with Crippen LogP contribution < -0.4 is 15.6 Å². The lowest BCUT2D eigenvalue weighted by atomic mass is 10.3. The molecule has 0 unspecified atom stereocenters. The van der Waals surface area contributed by atoms with Gasteiger partial charge in [-0.15, -0.1) is 0 Å². The zero-order chi connectivity index (χ0) is 8.97. The standard InChI is InChI=1S/C9H15N3/c1-8-7-9(11-2)3-5-12(8)6-4-10/h3,5,7H,4,6,10H2,1-2H3/p+1. The molecular formula is C9H16N3+. The van der Waals surface area contributed by atoms with E-state index in [1.807, 2.05) is 19.3 Å². The van der Waals surface area contributed by atoms with Crippen LogP contribution in [0.2, 0.25) is 0 Å². The summed E-state index contributed by atoms with van der Waals surface area (Å²) in [7, 11) is 1.92. The van der Waals surface area contributed by atoms with Crippen molar-refractivity contribution >= 4 is 5.69 Å². The summed E-state index contributed by atoms with van der Waals surface area (Å²) in [6.07, 6.45) is 2.05. The van der Waals surface area contributed by atoms with Gasteiger partial charge in [0.05, 0.1) is 6.54 Å². The Kier molecular flexibility index (Phi) is 3.05. The number of nitrogens with one attached hydrogen (secondary N) is 1. The SMILES string of the molecule is CNc1cc[n+](CCN)c(C)c1. The van der Waals surface area contributed by atoms with Gasteiger partial charge in [0.2, 0.25) is 0 Å². The molecule has 66 valence electrons. The highest BCUT2D eigenvalue weighted by Crippen LogP contribution is 2.03. The monoisotopic (exact) mass is 166 g/mol. The summed E-state index contributed by atoms with van der Waals surface area (Å²) in [4.78, 5) is 0. The smallest absolute Gasteiger partial charge is 0.180 e. The Morgan fingerprint density at radius 3 is 2.83 bits per heavy atom. The maximum absolute atomic E-state index is 5.46. The van der Waals surface area contributed by atoms with E-state index in [1.165, 1.54) is 5.69 Å². The molecule has 3 heteroatoms. The Morgan fingerprint density at radius 1 is 1.58 bits per heavy atom. The highest BCUT2D eigenvalue weighted by Gasteiger charge is 2.04. The summed E-state index contributed by atoms with van der Waals surface area (Å²) in [6.45, 7) is 3.65. The van der Waals surface area contributed by atoms with Crippen molar-refractivity contribution in [2.75, 3.05) is 18.9 Å². The van der Waals surface area contributed by atoms with Gasteiger partial charge in [-0.3, -0.25) is 0 Å². The van der Waals surface area contributed by atoms with Gasteiger partial charge in [0.1, 0.15) is 0 Å². The molecule has 0 amide bonds. The topological polar surface area (TPSA) is 41.9 Å². The van der Waals surface area contributed by atoms with E-state index in [4.69, 9.17) is 5.73 Å². The predicted octanol–water partition coefficient (Wildman–Crippen LogP) is 0.283. The van der Waals surface area contributed by atoms with E-state index in [0.29, 0.717) is 6.54 Å². The molecule has 3 N–H and O–H groups in total. The molecule has 3 nitrogen and oxygen atoms in total. The van der Waals surface area contributed by atoms with Crippen LogP contribution in [0.25, 0.3) is 0 Å². The summed E-state index contributed by atoms with van der Waals surface area (Å²) in [5.41, 5.74) is 7.83. The fourth-order valence-corrected chi connectivity index (χ4v) is 1.19. The van der Waals surface area contributed by atoms with Crippen LogP contribution in [-0.4, -0.2) is 13.6 Å². The van der Waals surface area contributed by atoms with Gasteiger partial charge in [-0.1, -0.05) is 0 Å². The van der Waals surface area contributed by atoms with Crippen LogP contribution in [0.1, 0.15) is 5.69 Å². The average Bonchev–Trinajstić information content (AvgIpc) is 2.09. The van der Waals surface area contributed by atoms with E-state index in [1.54, 1.807) is 0 Å². The van der Waals surface area contributed by atoms with Gasteiger partial charge in [0, 0.05) is 31.8 Å². The first-order valence-corrected chi connectivity index (χ1v) is 4.16. The minimum atomic E-state index is 0.685. The van der Waals surface area contributed by atoms with Crippen LogP contribution in [0, 0.1) is 6.92 Å². The van der Waals surface area contributed by atoms with Gasteiger partial charge in [0.25, 0.3) is 0 Å². The first kappa shape index (κ1) is 9.00. The molecule has 1 aromatic heterocycles. The van der Waals surface area contributed by atoms with E-state index in [-0.39, 0.29) is 0 Å². The summed E-state index contributed by atoms with van der Waals surface area (Å²) in [5.74, 6) is 0. The van der Waals surface area contributed by atoms with Crippen molar-refractivity contribution in [2.45, 2.75) is 13.5 Å². The van der Waals surface area contributed by atoms with E-state index < -0.39 is 0 Å². The second-order valence-corrected chi connectivity index (χ2v) is 2.79. The lowest BCUT2D eigenvalue weighted by Crippen LogP contribution is -2.39. The predicted molar refractivity (Wildman–Crippen MR) is 50.0 cm³/mol. The quantitative estimate of drug-likeness (QED) is 0.633. The summed E-state index contributed by atoms with van der Waals surface area (Å²) in [5, 5.41) is 3.09. The van der Waals surface area contributed by atoms with E-state index in [2.05, 4.69) is 22.9 Å². The second-order valence-electron chi connectivity index (χ2n) is 2.79. The third kappa shape index (κ3) is 1.95. The van der Waals surface area contributed by atoms with Crippen LogP contribution in [-0.2, 0) is 6.54 Å². The van der Waals surface area contributed by atoms with Crippen molar-refractivity contribution in [3.05, 3.63) is 24.0 Å². The normalized spacial score (nSPS) is 9.92. The molecule has 1 heterocycles. The Bertz CT molecular complexity index is 258. The summed E-state index contributed by atoms with van der Waals surface area (Å²) in [6, 6.07) is 4.15. The molecular weight excluding hydrogens is 150 g/mol. The Morgan fingerprint density at radius 2 is 2.33 bits per heavy atom. The highest BCUT2D eigenvalue weighted by atomic mass is 15.0. The molecule has 0 aromatic carbocycles. The van der Waals surface area contributed by atoms with Crippen molar-refractivity contribution in [1.82, 2.24) is 0 Å². The molecule has 1 aromatic rings. The molecule has 0 bridgehead atoms. The van der Waals surface area contributed by atoms with E-state index in [9.17, 15) is 0 Å². The third-order valence-electron chi connectivity index (χ3n) is 1.91. The first-order chi connectivity index (χ1) is 5.77. The first-order valence-electron chi connectivity index (χ1n) is 4.16. The third-order valence-corrected chi connectivity index (χ3v) is 1.91. The molecule has 0 saturated carbocycles. The number of nitrogens with two attached hydrogens (primary N) is 1. The van der Waals surface area contributed by atoms with Gasteiger partial charge in [-0.25, -0.2) is 4.57 Å². The number of rotatable bonds is 3. The Balaban J connectivity index is 2.87. The van der Waals surface area contributed by atoms with Crippen molar-refractivity contribution in [3.63, 3.8) is 0 Å². The lowest BCUT2D eigenvalue weighted by Gasteiger charge is -2.01. The molecule has 0 fully saturated rings. The zero-order valence-electron chi connectivity index (χ0n) is 7.67. The maximum atomic E-state index is 5.46. The van der Waals surface area contributed by atoms with Crippen LogP contribution in [0.15, 0.2) is 18.3 Å². The number of hydrogen-bond donors (Lipinski definition) is 2. The minimum absolute atomic E-state index is 0.685. The number of hydrogen-bond acceptors (Lipinski definition) is 2.